The first kappa shape index (κ1) is 20.4. The molecule has 5 rings (SSSR count). The van der Waals surface area contributed by atoms with Crippen LogP contribution in [-0.4, -0.2) is 53.8 Å². The molecule has 0 spiro atoms. The first-order valence-electron chi connectivity index (χ1n) is 10.2. The summed E-state index contributed by atoms with van der Waals surface area (Å²) >= 11 is 3.59. The third-order valence-corrected chi connectivity index (χ3v) is 6.64. The van der Waals surface area contributed by atoms with Crippen molar-refractivity contribution in [1.82, 2.24) is 29.5 Å². The molecule has 1 saturated heterocycles. The summed E-state index contributed by atoms with van der Waals surface area (Å²) in [5.41, 5.74) is 11.4. The molecule has 0 aliphatic carbocycles. The average Bonchev–Trinajstić information content (AvgIpc) is 3.26. The zero-order chi connectivity index (χ0) is 22.2. The summed E-state index contributed by atoms with van der Waals surface area (Å²) in [7, 11) is 0. The van der Waals surface area contributed by atoms with E-state index < -0.39 is 6.09 Å². The van der Waals surface area contributed by atoms with Crippen molar-refractivity contribution in [3.8, 4) is 22.4 Å². The summed E-state index contributed by atoms with van der Waals surface area (Å²) < 4.78 is 2.32. The number of fused-ring (bicyclic) bond motifs is 1. The van der Waals surface area contributed by atoms with Crippen LogP contribution in [0.1, 0.15) is 24.5 Å². The van der Waals surface area contributed by atoms with Crippen molar-refractivity contribution in [3.63, 3.8) is 0 Å². The van der Waals surface area contributed by atoms with Gasteiger partial charge < -0.3 is 15.7 Å². The number of rotatable bonds is 3. The van der Waals surface area contributed by atoms with Crippen LogP contribution in [0.2, 0.25) is 0 Å². The number of hydrogen-bond acceptors (Lipinski definition) is 6. The summed E-state index contributed by atoms with van der Waals surface area (Å²) in [5, 5.41) is 13.7. The Morgan fingerprint density at radius 3 is 2.59 bits per heavy atom. The number of hydrogen-bond donors (Lipinski definition) is 2. The van der Waals surface area contributed by atoms with Crippen molar-refractivity contribution in [2.24, 2.45) is 0 Å². The van der Waals surface area contributed by atoms with E-state index in [4.69, 9.17) is 10.7 Å². The molecular formula is C22H20BrN7O2. The van der Waals surface area contributed by atoms with Gasteiger partial charge in [-0.2, -0.15) is 9.61 Å². The standard InChI is InChI=1S/C22H20BrN7O2/c23-18-19(13-5-8-29(9-6-13)22(31)32)28-21-16(12-27-30(21)20(18)24)14-3-4-17(26-11-14)15-2-1-7-25-10-15/h1-4,7,10-13H,5-6,8-9,24H2,(H,31,32). The first-order chi connectivity index (χ1) is 15.5. The van der Waals surface area contributed by atoms with Crippen LogP contribution in [0.5, 0.6) is 0 Å². The lowest BCUT2D eigenvalue weighted by Gasteiger charge is -2.30. The van der Waals surface area contributed by atoms with Crippen LogP contribution in [0, 0.1) is 0 Å². The molecule has 0 atom stereocenters. The van der Waals surface area contributed by atoms with Gasteiger partial charge in [0.25, 0.3) is 0 Å². The van der Waals surface area contributed by atoms with E-state index in [2.05, 4.69) is 31.0 Å². The fourth-order valence-corrected chi connectivity index (χ4v) is 4.65. The molecule has 32 heavy (non-hydrogen) atoms. The van der Waals surface area contributed by atoms with E-state index in [1.807, 2.05) is 24.3 Å². The number of aromatic nitrogens is 5. The first-order valence-corrected chi connectivity index (χ1v) is 11.0. The quantitative estimate of drug-likeness (QED) is 0.441. The van der Waals surface area contributed by atoms with Crippen LogP contribution in [0.15, 0.2) is 53.5 Å². The number of nitrogens with zero attached hydrogens (tertiary/aromatic N) is 6. The van der Waals surface area contributed by atoms with Crippen molar-refractivity contribution in [2.45, 2.75) is 18.8 Å². The van der Waals surface area contributed by atoms with Gasteiger partial charge in [-0.3, -0.25) is 9.97 Å². The van der Waals surface area contributed by atoms with Crippen LogP contribution in [0.25, 0.3) is 28.0 Å². The van der Waals surface area contributed by atoms with Gasteiger partial charge in [-0.1, -0.05) is 6.07 Å². The molecule has 1 aliphatic heterocycles. The summed E-state index contributed by atoms with van der Waals surface area (Å²) in [6.07, 6.45) is 7.54. The smallest absolute Gasteiger partial charge is 0.407 e. The largest absolute Gasteiger partial charge is 0.465 e. The van der Waals surface area contributed by atoms with Gasteiger partial charge in [-0.05, 0) is 47.0 Å². The lowest BCUT2D eigenvalue weighted by Crippen LogP contribution is -2.37. The average molecular weight is 494 g/mol. The highest BCUT2D eigenvalue weighted by Gasteiger charge is 2.28. The maximum atomic E-state index is 11.2. The predicted molar refractivity (Wildman–Crippen MR) is 123 cm³/mol. The molecule has 0 unspecified atom stereocenters. The van der Waals surface area contributed by atoms with Crippen molar-refractivity contribution >= 4 is 33.5 Å². The number of likely N-dealkylation sites (tertiary alicyclic amines) is 1. The normalized spacial score (nSPS) is 14.7. The van der Waals surface area contributed by atoms with Crippen LogP contribution in [0.4, 0.5) is 10.6 Å². The Morgan fingerprint density at radius 1 is 1.12 bits per heavy atom. The fraction of sp³-hybridized carbons (Fsp3) is 0.227. The Hall–Kier alpha value is -3.53. The highest BCUT2D eigenvalue weighted by Crippen LogP contribution is 2.37. The topological polar surface area (TPSA) is 123 Å². The second kappa shape index (κ2) is 8.19. The number of piperidine rings is 1. The maximum Gasteiger partial charge on any atom is 0.407 e. The van der Waals surface area contributed by atoms with E-state index in [-0.39, 0.29) is 5.92 Å². The molecule has 162 valence electrons. The van der Waals surface area contributed by atoms with Crippen molar-refractivity contribution in [3.05, 3.63) is 59.2 Å². The SMILES string of the molecule is Nc1c(Br)c(C2CCN(C(=O)O)CC2)nc2c(-c3ccc(-c4cccnc4)nc3)cnn12. The molecule has 5 heterocycles. The van der Waals surface area contributed by atoms with Crippen LogP contribution in [0.3, 0.4) is 0 Å². The third-order valence-electron chi connectivity index (χ3n) is 5.83. The summed E-state index contributed by atoms with van der Waals surface area (Å²) in [6.45, 7) is 0.954. The van der Waals surface area contributed by atoms with E-state index in [1.54, 1.807) is 29.3 Å². The van der Waals surface area contributed by atoms with E-state index in [9.17, 15) is 9.90 Å². The van der Waals surface area contributed by atoms with Gasteiger partial charge in [0.1, 0.15) is 5.82 Å². The minimum atomic E-state index is -0.884. The number of anilines is 1. The molecule has 1 fully saturated rings. The molecule has 0 radical (unpaired) electrons. The molecule has 10 heteroatoms. The zero-order valence-corrected chi connectivity index (χ0v) is 18.6. The minimum absolute atomic E-state index is 0.112. The van der Waals surface area contributed by atoms with Crippen LogP contribution < -0.4 is 5.73 Å². The molecule has 1 aliphatic rings. The number of nitrogen functional groups attached to an aromatic ring is 1. The van der Waals surface area contributed by atoms with Gasteiger partial charge in [0.15, 0.2) is 5.65 Å². The molecule has 4 aromatic heterocycles. The summed E-state index contributed by atoms with van der Waals surface area (Å²) in [5.74, 6) is 0.581. The highest BCUT2D eigenvalue weighted by atomic mass is 79.9. The monoisotopic (exact) mass is 493 g/mol. The van der Waals surface area contributed by atoms with Gasteiger partial charge >= 0.3 is 6.09 Å². The number of pyridine rings is 2. The minimum Gasteiger partial charge on any atom is -0.465 e. The molecule has 9 nitrogen and oxygen atoms in total. The lowest BCUT2D eigenvalue weighted by atomic mass is 9.93. The second-order valence-electron chi connectivity index (χ2n) is 7.71. The van der Waals surface area contributed by atoms with E-state index in [0.29, 0.717) is 41.9 Å². The molecular weight excluding hydrogens is 474 g/mol. The Bertz CT molecular complexity index is 1280. The van der Waals surface area contributed by atoms with Gasteiger partial charge in [0, 0.05) is 54.3 Å². The lowest BCUT2D eigenvalue weighted by molar-refractivity contribution is 0.131. The van der Waals surface area contributed by atoms with E-state index in [1.165, 1.54) is 4.90 Å². The summed E-state index contributed by atoms with van der Waals surface area (Å²) in [4.78, 5) is 26.3. The third kappa shape index (κ3) is 3.56. The van der Waals surface area contributed by atoms with E-state index >= 15 is 0 Å². The Labute approximate surface area is 192 Å². The Morgan fingerprint density at radius 2 is 1.94 bits per heavy atom. The molecule has 0 saturated carbocycles. The van der Waals surface area contributed by atoms with Crippen LogP contribution in [-0.2, 0) is 0 Å². The van der Waals surface area contributed by atoms with Crippen molar-refractivity contribution < 1.29 is 9.90 Å². The number of carboxylic acid groups (broad SMARTS) is 1. The number of amides is 1. The maximum absolute atomic E-state index is 11.2. The Kier molecular flexibility index (Phi) is 5.22. The summed E-state index contributed by atoms with van der Waals surface area (Å²) in [6, 6.07) is 7.77. The molecule has 1 amide bonds. The predicted octanol–water partition coefficient (Wildman–Crippen LogP) is 4.06. The number of carbonyl (C=O) groups is 1. The Balaban J connectivity index is 1.51. The molecule has 4 aromatic rings. The molecule has 0 bridgehead atoms. The van der Waals surface area contributed by atoms with Crippen molar-refractivity contribution in [2.75, 3.05) is 18.8 Å². The van der Waals surface area contributed by atoms with Gasteiger partial charge in [-0.15, -0.1) is 0 Å². The van der Waals surface area contributed by atoms with Gasteiger partial charge in [0.2, 0.25) is 0 Å². The number of nitrogens with two attached hydrogens (primary N) is 1. The van der Waals surface area contributed by atoms with Gasteiger partial charge in [0.05, 0.1) is 22.1 Å². The van der Waals surface area contributed by atoms with Crippen LogP contribution >= 0.6 is 15.9 Å². The molecule has 3 N–H and O–H groups in total. The van der Waals surface area contributed by atoms with Crippen molar-refractivity contribution in [1.29, 1.82) is 0 Å². The molecule has 0 aromatic carbocycles. The highest BCUT2D eigenvalue weighted by molar-refractivity contribution is 9.10. The zero-order valence-electron chi connectivity index (χ0n) is 17.0. The number of halogens is 1. The van der Waals surface area contributed by atoms with Gasteiger partial charge in [-0.25, -0.2) is 9.78 Å². The van der Waals surface area contributed by atoms with E-state index in [0.717, 1.165) is 28.1 Å². The second-order valence-corrected chi connectivity index (χ2v) is 8.50. The fourth-order valence-electron chi connectivity index (χ4n) is 4.07.